The van der Waals surface area contributed by atoms with E-state index in [0.717, 1.165) is 0 Å². The maximum atomic E-state index is 11.8. The van der Waals surface area contributed by atoms with Crippen LogP contribution in [0.4, 0.5) is 11.4 Å². The van der Waals surface area contributed by atoms with Crippen LogP contribution in [-0.2, 0) is 14.3 Å². The van der Waals surface area contributed by atoms with Gasteiger partial charge in [0.2, 0.25) is 0 Å². The number of hydrazone groups is 1. The molecule has 0 atom stereocenters. The Kier molecular flexibility index (Phi) is 6.31. The molecule has 2 rings (SSSR count). The van der Waals surface area contributed by atoms with Crippen LogP contribution in [0.3, 0.4) is 0 Å². The van der Waals surface area contributed by atoms with Crippen LogP contribution in [0.1, 0.15) is 15.9 Å². The molecule has 27 heavy (non-hydrogen) atoms. The molecule has 2 aromatic rings. The Hall–Kier alpha value is -4.08. The SMILES string of the molecule is COC(=O)c1ccc(NC(=O)C(=O)N/N=C\c2ccc([N+](=O)[O-])cc2)cc1. The van der Waals surface area contributed by atoms with Gasteiger partial charge in [0.05, 0.1) is 23.8 Å². The number of non-ortho nitro benzene ring substituents is 1. The highest BCUT2D eigenvalue weighted by Crippen LogP contribution is 2.11. The number of rotatable bonds is 5. The van der Waals surface area contributed by atoms with Gasteiger partial charge in [-0.1, -0.05) is 0 Å². The highest BCUT2D eigenvalue weighted by Gasteiger charge is 2.13. The minimum absolute atomic E-state index is 0.0752. The molecule has 10 nitrogen and oxygen atoms in total. The van der Waals surface area contributed by atoms with E-state index in [1.165, 1.54) is 61.9 Å². The molecule has 2 N–H and O–H groups in total. The van der Waals surface area contributed by atoms with E-state index in [-0.39, 0.29) is 5.69 Å². The number of carbonyl (C=O) groups is 3. The number of methoxy groups -OCH3 is 1. The van der Waals surface area contributed by atoms with Gasteiger partial charge in [-0.05, 0) is 42.0 Å². The zero-order valence-corrected chi connectivity index (χ0v) is 14.0. The second-order valence-electron chi connectivity index (χ2n) is 5.07. The fourth-order valence-corrected chi connectivity index (χ4v) is 1.89. The van der Waals surface area contributed by atoms with Crippen molar-refractivity contribution in [2.24, 2.45) is 5.10 Å². The van der Waals surface area contributed by atoms with Crippen molar-refractivity contribution in [3.63, 3.8) is 0 Å². The largest absolute Gasteiger partial charge is 0.465 e. The highest BCUT2D eigenvalue weighted by molar-refractivity contribution is 6.39. The molecule has 0 bridgehead atoms. The van der Waals surface area contributed by atoms with Crippen molar-refractivity contribution >= 4 is 35.4 Å². The first-order valence-corrected chi connectivity index (χ1v) is 7.48. The monoisotopic (exact) mass is 370 g/mol. The summed E-state index contributed by atoms with van der Waals surface area (Å²) in [6, 6.07) is 11.2. The predicted molar refractivity (Wildman–Crippen MR) is 95.2 cm³/mol. The maximum Gasteiger partial charge on any atom is 0.337 e. The van der Waals surface area contributed by atoms with Crippen LogP contribution >= 0.6 is 0 Å². The summed E-state index contributed by atoms with van der Waals surface area (Å²) in [4.78, 5) is 44.8. The van der Waals surface area contributed by atoms with Gasteiger partial charge >= 0.3 is 17.8 Å². The lowest BCUT2D eigenvalue weighted by atomic mass is 10.2. The lowest BCUT2D eigenvalue weighted by Gasteiger charge is -2.05. The summed E-state index contributed by atoms with van der Waals surface area (Å²) >= 11 is 0. The number of carbonyl (C=O) groups excluding carboxylic acids is 3. The van der Waals surface area contributed by atoms with E-state index in [9.17, 15) is 24.5 Å². The molecule has 0 aliphatic carbocycles. The third-order valence-corrected chi connectivity index (χ3v) is 3.25. The van der Waals surface area contributed by atoms with Crippen molar-refractivity contribution in [3.8, 4) is 0 Å². The van der Waals surface area contributed by atoms with Crippen LogP contribution in [-0.4, -0.2) is 36.0 Å². The van der Waals surface area contributed by atoms with E-state index in [1.807, 2.05) is 5.43 Å². The molecule has 10 heteroatoms. The molecule has 0 spiro atoms. The topological polar surface area (TPSA) is 140 Å². The Morgan fingerprint density at radius 1 is 1.04 bits per heavy atom. The number of hydrogen-bond donors (Lipinski definition) is 2. The van der Waals surface area contributed by atoms with E-state index in [0.29, 0.717) is 16.8 Å². The fourth-order valence-electron chi connectivity index (χ4n) is 1.89. The van der Waals surface area contributed by atoms with Crippen LogP contribution in [0.5, 0.6) is 0 Å². The van der Waals surface area contributed by atoms with Crippen LogP contribution in [0.2, 0.25) is 0 Å². The third kappa shape index (κ3) is 5.46. The van der Waals surface area contributed by atoms with Gasteiger partial charge in [-0.15, -0.1) is 0 Å². The van der Waals surface area contributed by atoms with Crippen molar-refractivity contribution in [2.75, 3.05) is 12.4 Å². The molecule has 0 saturated carbocycles. The number of ether oxygens (including phenoxy) is 1. The Bertz CT molecular complexity index is 891. The molecule has 0 fully saturated rings. The molecule has 0 unspecified atom stereocenters. The minimum atomic E-state index is -1.01. The Labute approximate surface area is 153 Å². The van der Waals surface area contributed by atoms with Crippen molar-refractivity contribution in [2.45, 2.75) is 0 Å². The quantitative estimate of drug-likeness (QED) is 0.268. The summed E-state index contributed by atoms with van der Waals surface area (Å²) in [5, 5.41) is 16.5. The van der Waals surface area contributed by atoms with Crippen molar-refractivity contribution in [1.29, 1.82) is 0 Å². The third-order valence-electron chi connectivity index (χ3n) is 3.25. The number of nitrogens with one attached hydrogen (secondary N) is 2. The number of benzene rings is 2. The number of nitro benzene ring substituents is 1. The van der Waals surface area contributed by atoms with Gasteiger partial charge in [0.15, 0.2) is 0 Å². The summed E-state index contributed by atoms with van der Waals surface area (Å²) in [5.41, 5.74) is 3.07. The maximum absolute atomic E-state index is 11.8. The van der Waals surface area contributed by atoms with Gasteiger partial charge in [0.25, 0.3) is 5.69 Å². The summed E-state index contributed by atoms with van der Waals surface area (Å²) in [6.07, 6.45) is 1.24. The summed E-state index contributed by atoms with van der Waals surface area (Å²) < 4.78 is 4.55. The lowest BCUT2D eigenvalue weighted by molar-refractivity contribution is -0.384. The van der Waals surface area contributed by atoms with E-state index < -0.39 is 22.7 Å². The number of nitro groups is 1. The fraction of sp³-hybridized carbons (Fsp3) is 0.0588. The second-order valence-corrected chi connectivity index (χ2v) is 5.07. The van der Waals surface area contributed by atoms with Crippen LogP contribution in [0.15, 0.2) is 53.6 Å². The van der Waals surface area contributed by atoms with Crippen molar-refractivity contribution < 1.29 is 24.0 Å². The molecular weight excluding hydrogens is 356 g/mol. The molecule has 0 aromatic heterocycles. The van der Waals surface area contributed by atoms with Crippen LogP contribution < -0.4 is 10.7 Å². The minimum Gasteiger partial charge on any atom is -0.465 e. The molecular formula is C17H14N4O6. The molecule has 138 valence electrons. The standard InChI is InChI=1S/C17H14N4O6/c1-27-17(24)12-4-6-13(7-5-12)19-15(22)16(23)20-18-10-11-2-8-14(9-3-11)21(25)26/h2-10H,1H3,(H,19,22)(H,20,23)/b18-10-. The van der Waals surface area contributed by atoms with Gasteiger partial charge in [-0.3, -0.25) is 19.7 Å². The summed E-state index contributed by atoms with van der Waals surface area (Å²) in [6.45, 7) is 0. The second kappa shape index (κ2) is 8.85. The van der Waals surface area contributed by atoms with Gasteiger partial charge in [0, 0.05) is 17.8 Å². The van der Waals surface area contributed by atoms with E-state index in [4.69, 9.17) is 0 Å². The molecule has 0 aliphatic heterocycles. The lowest BCUT2D eigenvalue weighted by Crippen LogP contribution is -2.32. The number of esters is 1. The van der Waals surface area contributed by atoms with Crippen LogP contribution in [0, 0.1) is 10.1 Å². The Morgan fingerprint density at radius 2 is 1.67 bits per heavy atom. The first-order valence-electron chi connectivity index (χ1n) is 7.48. The first-order chi connectivity index (χ1) is 12.9. The number of nitrogens with zero attached hydrogens (tertiary/aromatic N) is 2. The smallest absolute Gasteiger partial charge is 0.337 e. The van der Waals surface area contributed by atoms with E-state index in [1.54, 1.807) is 0 Å². The summed E-state index contributed by atoms with van der Waals surface area (Å²) in [5.74, 6) is -2.49. The molecule has 2 aromatic carbocycles. The number of hydrogen-bond acceptors (Lipinski definition) is 7. The van der Waals surface area contributed by atoms with Gasteiger partial charge in [0.1, 0.15) is 0 Å². The molecule has 2 amide bonds. The van der Waals surface area contributed by atoms with Crippen molar-refractivity contribution in [3.05, 3.63) is 69.8 Å². The molecule has 0 saturated heterocycles. The zero-order valence-electron chi connectivity index (χ0n) is 14.0. The molecule has 0 radical (unpaired) electrons. The number of anilines is 1. The normalized spacial score (nSPS) is 10.3. The van der Waals surface area contributed by atoms with Gasteiger partial charge in [-0.25, -0.2) is 10.2 Å². The average Bonchev–Trinajstić information content (AvgIpc) is 2.68. The van der Waals surface area contributed by atoms with Crippen LogP contribution in [0.25, 0.3) is 0 Å². The summed E-state index contributed by atoms with van der Waals surface area (Å²) in [7, 11) is 1.25. The van der Waals surface area contributed by atoms with E-state index >= 15 is 0 Å². The molecule has 0 aliphatic rings. The zero-order chi connectivity index (χ0) is 19.8. The van der Waals surface area contributed by atoms with Gasteiger partial charge < -0.3 is 10.1 Å². The Balaban J connectivity index is 1.88. The van der Waals surface area contributed by atoms with Gasteiger partial charge in [-0.2, -0.15) is 5.10 Å². The first kappa shape index (κ1) is 19.2. The number of amides is 2. The van der Waals surface area contributed by atoms with Crippen molar-refractivity contribution in [1.82, 2.24) is 5.43 Å². The Morgan fingerprint density at radius 3 is 2.22 bits per heavy atom. The molecule has 0 heterocycles. The van der Waals surface area contributed by atoms with E-state index in [2.05, 4.69) is 15.2 Å². The predicted octanol–water partition coefficient (Wildman–Crippen LogP) is 1.47. The average molecular weight is 370 g/mol. The highest BCUT2D eigenvalue weighted by atomic mass is 16.6.